The molecule has 0 fully saturated rings. The van der Waals surface area contributed by atoms with Gasteiger partial charge in [0.15, 0.2) is 0 Å². The molecule has 0 aliphatic rings. The first-order valence-electron chi connectivity index (χ1n) is 7.85. The van der Waals surface area contributed by atoms with Crippen molar-refractivity contribution < 1.29 is 9.53 Å². The zero-order valence-electron chi connectivity index (χ0n) is 13.7. The van der Waals surface area contributed by atoms with Gasteiger partial charge in [-0.15, -0.1) is 13.2 Å². The molecular weight excluding hydrogens is 300 g/mol. The van der Waals surface area contributed by atoms with Crippen molar-refractivity contribution in [3.8, 4) is 0 Å². The number of benzene rings is 1. The third-order valence-corrected chi connectivity index (χ3v) is 3.60. The van der Waals surface area contributed by atoms with E-state index in [0.717, 1.165) is 11.1 Å². The molecule has 24 heavy (non-hydrogen) atoms. The second kappa shape index (κ2) is 9.30. The Morgan fingerprint density at radius 3 is 2.58 bits per heavy atom. The van der Waals surface area contributed by atoms with Gasteiger partial charge in [-0.3, -0.25) is 9.88 Å². The first-order chi connectivity index (χ1) is 11.8. The molecule has 1 amide bonds. The maximum Gasteiger partial charge on any atom is 0.410 e. The molecule has 4 heteroatoms. The number of rotatable bonds is 8. The van der Waals surface area contributed by atoms with Gasteiger partial charge in [-0.2, -0.15) is 0 Å². The van der Waals surface area contributed by atoms with Crippen LogP contribution in [-0.2, 0) is 11.3 Å². The molecule has 2 aromatic rings. The number of hydrogen-bond acceptors (Lipinski definition) is 3. The maximum absolute atomic E-state index is 12.6. The predicted octanol–water partition coefficient (Wildman–Crippen LogP) is 4.52. The van der Waals surface area contributed by atoms with E-state index >= 15 is 0 Å². The van der Waals surface area contributed by atoms with Crippen LogP contribution in [0.2, 0.25) is 0 Å². The largest absolute Gasteiger partial charge is 0.445 e. The molecular formula is C20H22N2O2. The van der Waals surface area contributed by atoms with Gasteiger partial charge in [0, 0.05) is 18.9 Å². The smallest absolute Gasteiger partial charge is 0.410 e. The van der Waals surface area contributed by atoms with E-state index in [1.807, 2.05) is 42.5 Å². The molecule has 1 heterocycles. The summed E-state index contributed by atoms with van der Waals surface area (Å²) >= 11 is 0. The topological polar surface area (TPSA) is 42.4 Å². The van der Waals surface area contributed by atoms with Crippen LogP contribution in [0.3, 0.4) is 0 Å². The Hall–Kier alpha value is -2.88. The third-order valence-electron chi connectivity index (χ3n) is 3.60. The molecule has 2 rings (SSSR count). The first-order valence-corrected chi connectivity index (χ1v) is 7.85. The standard InChI is InChI=1S/C20H22N2O2/c1-3-9-19(18-12-8-13-21-15-18)22(14-4-2)20(23)24-16-17-10-6-5-7-11-17/h3-8,10-13,15,19H,1-2,9,14,16H2/t19-/m0/s1. The molecule has 0 spiro atoms. The average molecular weight is 322 g/mol. The van der Waals surface area contributed by atoms with Crippen molar-refractivity contribution in [2.75, 3.05) is 6.54 Å². The minimum atomic E-state index is -0.380. The Bertz CT molecular complexity index is 656. The van der Waals surface area contributed by atoms with Crippen LogP contribution < -0.4 is 0 Å². The number of ether oxygens (including phenoxy) is 1. The molecule has 0 bridgehead atoms. The summed E-state index contributed by atoms with van der Waals surface area (Å²) in [4.78, 5) is 18.4. The lowest BCUT2D eigenvalue weighted by Crippen LogP contribution is -2.35. The fourth-order valence-corrected chi connectivity index (χ4v) is 2.44. The van der Waals surface area contributed by atoms with Crippen LogP contribution in [0, 0.1) is 0 Å². The van der Waals surface area contributed by atoms with Crippen LogP contribution >= 0.6 is 0 Å². The van der Waals surface area contributed by atoms with Crippen molar-refractivity contribution in [2.24, 2.45) is 0 Å². The van der Waals surface area contributed by atoms with Crippen molar-refractivity contribution in [1.29, 1.82) is 0 Å². The van der Waals surface area contributed by atoms with E-state index in [-0.39, 0.29) is 18.7 Å². The van der Waals surface area contributed by atoms with E-state index in [2.05, 4.69) is 18.1 Å². The lowest BCUT2D eigenvalue weighted by Gasteiger charge is -2.29. The number of pyridine rings is 1. The molecule has 0 aliphatic carbocycles. The summed E-state index contributed by atoms with van der Waals surface area (Å²) in [6, 6.07) is 13.2. The fourth-order valence-electron chi connectivity index (χ4n) is 2.44. The Balaban J connectivity index is 2.14. The van der Waals surface area contributed by atoms with Gasteiger partial charge < -0.3 is 4.74 Å². The highest BCUT2D eigenvalue weighted by Crippen LogP contribution is 2.25. The van der Waals surface area contributed by atoms with Gasteiger partial charge in [-0.05, 0) is 23.6 Å². The van der Waals surface area contributed by atoms with Crippen molar-refractivity contribution in [3.63, 3.8) is 0 Å². The minimum absolute atomic E-state index is 0.183. The van der Waals surface area contributed by atoms with Crippen molar-refractivity contribution >= 4 is 6.09 Å². The van der Waals surface area contributed by atoms with Crippen LogP contribution in [0.25, 0.3) is 0 Å². The molecule has 0 saturated heterocycles. The van der Waals surface area contributed by atoms with Crippen LogP contribution in [0.5, 0.6) is 0 Å². The molecule has 124 valence electrons. The minimum Gasteiger partial charge on any atom is -0.445 e. The monoisotopic (exact) mass is 322 g/mol. The zero-order valence-corrected chi connectivity index (χ0v) is 13.7. The number of hydrogen-bond donors (Lipinski definition) is 0. The van der Waals surface area contributed by atoms with Crippen molar-refractivity contribution in [1.82, 2.24) is 9.88 Å². The fraction of sp³-hybridized carbons (Fsp3) is 0.200. The van der Waals surface area contributed by atoms with E-state index in [1.165, 1.54) is 0 Å². The molecule has 0 N–H and O–H groups in total. The summed E-state index contributed by atoms with van der Waals surface area (Å²) < 4.78 is 5.48. The number of amides is 1. The highest BCUT2D eigenvalue weighted by atomic mass is 16.6. The molecule has 0 aliphatic heterocycles. The van der Waals surface area contributed by atoms with Gasteiger partial charge in [-0.25, -0.2) is 4.79 Å². The summed E-state index contributed by atoms with van der Waals surface area (Å²) in [6.45, 7) is 8.17. The van der Waals surface area contributed by atoms with Crippen LogP contribution in [0.4, 0.5) is 4.79 Å². The second-order valence-electron chi connectivity index (χ2n) is 5.31. The van der Waals surface area contributed by atoms with Crippen molar-refractivity contribution in [3.05, 3.63) is 91.3 Å². The zero-order chi connectivity index (χ0) is 17.2. The lowest BCUT2D eigenvalue weighted by atomic mass is 10.0. The Kier molecular flexibility index (Phi) is 6.77. The highest BCUT2D eigenvalue weighted by Gasteiger charge is 2.24. The average Bonchev–Trinajstić information content (AvgIpc) is 2.64. The Morgan fingerprint density at radius 1 is 1.17 bits per heavy atom. The lowest BCUT2D eigenvalue weighted by molar-refractivity contribution is 0.0852. The number of carbonyl (C=O) groups is 1. The molecule has 1 aromatic heterocycles. The van der Waals surface area contributed by atoms with Gasteiger partial charge >= 0.3 is 6.09 Å². The maximum atomic E-state index is 12.6. The van der Waals surface area contributed by atoms with E-state index in [0.29, 0.717) is 13.0 Å². The van der Waals surface area contributed by atoms with Gasteiger partial charge in [0.25, 0.3) is 0 Å². The normalized spacial score (nSPS) is 11.3. The second-order valence-corrected chi connectivity index (χ2v) is 5.31. The summed E-state index contributed by atoms with van der Waals surface area (Å²) in [5.41, 5.74) is 1.89. The highest BCUT2D eigenvalue weighted by molar-refractivity contribution is 5.68. The summed E-state index contributed by atoms with van der Waals surface area (Å²) in [7, 11) is 0. The van der Waals surface area contributed by atoms with E-state index in [9.17, 15) is 4.79 Å². The van der Waals surface area contributed by atoms with E-state index < -0.39 is 0 Å². The Labute approximate surface area is 143 Å². The first kappa shape index (κ1) is 17.5. The van der Waals surface area contributed by atoms with Crippen LogP contribution in [0.15, 0.2) is 80.2 Å². The summed E-state index contributed by atoms with van der Waals surface area (Å²) in [5, 5.41) is 0. The van der Waals surface area contributed by atoms with Crippen molar-refractivity contribution in [2.45, 2.75) is 19.1 Å². The quantitative estimate of drug-likeness (QED) is 0.671. The predicted molar refractivity (Wildman–Crippen MR) is 95.3 cm³/mol. The van der Waals surface area contributed by atoms with Crippen LogP contribution in [0.1, 0.15) is 23.6 Å². The SMILES string of the molecule is C=CC[C@@H](c1cccnc1)N(CC=C)C(=O)OCc1ccccc1. The van der Waals surface area contributed by atoms with E-state index in [4.69, 9.17) is 4.74 Å². The van der Waals surface area contributed by atoms with Gasteiger partial charge in [-0.1, -0.05) is 48.6 Å². The molecule has 1 aromatic carbocycles. The third kappa shape index (κ3) is 4.81. The molecule has 0 radical (unpaired) electrons. The van der Waals surface area contributed by atoms with E-state index in [1.54, 1.807) is 29.4 Å². The number of carbonyl (C=O) groups excluding carboxylic acids is 1. The molecule has 1 atom stereocenters. The molecule has 0 unspecified atom stereocenters. The summed E-state index contributed by atoms with van der Waals surface area (Å²) in [6.07, 6.45) is 7.18. The number of aromatic nitrogens is 1. The van der Waals surface area contributed by atoms with Crippen LogP contribution in [-0.4, -0.2) is 22.5 Å². The Morgan fingerprint density at radius 2 is 1.96 bits per heavy atom. The van der Waals surface area contributed by atoms with Gasteiger partial charge in [0.2, 0.25) is 0 Å². The van der Waals surface area contributed by atoms with Gasteiger partial charge in [0.05, 0.1) is 6.04 Å². The number of nitrogens with zero attached hydrogens (tertiary/aromatic N) is 2. The molecule has 4 nitrogen and oxygen atoms in total. The summed E-state index contributed by atoms with van der Waals surface area (Å²) in [5.74, 6) is 0. The molecule has 0 saturated carbocycles. The van der Waals surface area contributed by atoms with Gasteiger partial charge in [0.1, 0.15) is 6.61 Å².